The molecule has 0 aromatic carbocycles. The molecule has 0 aromatic heterocycles. The van der Waals surface area contributed by atoms with Crippen molar-refractivity contribution in [3.05, 3.63) is 36.1 Å². The van der Waals surface area contributed by atoms with E-state index in [9.17, 15) is 4.79 Å². The van der Waals surface area contributed by atoms with Gasteiger partial charge in [-0.1, -0.05) is 31.2 Å². The number of hydrogen-bond acceptors (Lipinski definition) is 2. The molecule has 0 spiro atoms. The standard InChI is InChI=1S/C15H24O2/c1-12(2)8-6-9-13(3)10-7-11-14(4)17-15(5)16/h7-8,11,13H,4,6,9-10H2,1-3,5H3/b11-7+/t13-/m0/s1. The van der Waals surface area contributed by atoms with Gasteiger partial charge >= 0.3 is 5.97 Å². The molecule has 0 unspecified atom stereocenters. The van der Waals surface area contributed by atoms with E-state index in [0.717, 1.165) is 12.8 Å². The van der Waals surface area contributed by atoms with Crippen molar-refractivity contribution in [3.63, 3.8) is 0 Å². The third-order valence-electron chi connectivity index (χ3n) is 2.33. The fourth-order valence-electron chi connectivity index (χ4n) is 1.42. The molecule has 0 N–H and O–H groups in total. The molecule has 0 bridgehead atoms. The van der Waals surface area contributed by atoms with Crippen molar-refractivity contribution < 1.29 is 9.53 Å². The van der Waals surface area contributed by atoms with Gasteiger partial charge in [-0.25, -0.2) is 0 Å². The number of allylic oxidation sites excluding steroid dienone is 4. The molecule has 0 heterocycles. The molecule has 0 fully saturated rings. The van der Waals surface area contributed by atoms with Gasteiger partial charge in [0.1, 0.15) is 5.76 Å². The maximum atomic E-state index is 10.6. The van der Waals surface area contributed by atoms with Crippen LogP contribution in [-0.2, 0) is 9.53 Å². The molecule has 0 radical (unpaired) electrons. The summed E-state index contributed by atoms with van der Waals surface area (Å²) >= 11 is 0. The summed E-state index contributed by atoms with van der Waals surface area (Å²) in [6, 6.07) is 0. The monoisotopic (exact) mass is 236 g/mol. The average molecular weight is 236 g/mol. The van der Waals surface area contributed by atoms with E-state index in [2.05, 4.69) is 33.4 Å². The predicted octanol–water partition coefficient (Wildman–Crippen LogP) is 4.39. The highest BCUT2D eigenvalue weighted by Crippen LogP contribution is 2.13. The van der Waals surface area contributed by atoms with Crippen LogP contribution in [0.3, 0.4) is 0 Å². The van der Waals surface area contributed by atoms with Crippen molar-refractivity contribution in [2.75, 3.05) is 0 Å². The third-order valence-corrected chi connectivity index (χ3v) is 2.33. The van der Waals surface area contributed by atoms with Gasteiger partial charge in [0.15, 0.2) is 0 Å². The Bertz CT molecular complexity index is 307. The first kappa shape index (κ1) is 15.7. The normalized spacial score (nSPS) is 12.2. The summed E-state index contributed by atoms with van der Waals surface area (Å²) in [4.78, 5) is 10.6. The van der Waals surface area contributed by atoms with E-state index < -0.39 is 0 Å². The number of ether oxygens (including phenoxy) is 1. The molecular weight excluding hydrogens is 212 g/mol. The van der Waals surface area contributed by atoms with E-state index in [1.165, 1.54) is 18.9 Å². The van der Waals surface area contributed by atoms with E-state index in [-0.39, 0.29) is 5.97 Å². The SMILES string of the molecule is C=C(/C=C/C[C@@H](C)CCC=C(C)C)OC(C)=O. The van der Waals surface area contributed by atoms with Gasteiger partial charge in [0.2, 0.25) is 0 Å². The summed E-state index contributed by atoms with van der Waals surface area (Å²) in [6.07, 6.45) is 9.32. The molecule has 0 saturated carbocycles. The van der Waals surface area contributed by atoms with Crippen LogP contribution in [0.5, 0.6) is 0 Å². The van der Waals surface area contributed by atoms with Crippen LogP contribution in [0, 0.1) is 5.92 Å². The van der Waals surface area contributed by atoms with Crippen LogP contribution in [0.2, 0.25) is 0 Å². The summed E-state index contributed by atoms with van der Waals surface area (Å²) in [7, 11) is 0. The number of esters is 1. The van der Waals surface area contributed by atoms with E-state index in [4.69, 9.17) is 4.74 Å². The van der Waals surface area contributed by atoms with Crippen LogP contribution < -0.4 is 0 Å². The molecule has 2 nitrogen and oxygen atoms in total. The lowest BCUT2D eigenvalue weighted by Gasteiger charge is -2.06. The second-order valence-electron chi connectivity index (χ2n) is 4.66. The van der Waals surface area contributed by atoms with Crippen LogP contribution in [0.1, 0.15) is 47.0 Å². The Labute approximate surface area is 105 Å². The van der Waals surface area contributed by atoms with Gasteiger partial charge in [-0.3, -0.25) is 4.79 Å². The first-order valence-electron chi connectivity index (χ1n) is 6.09. The van der Waals surface area contributed by atoms with Crippen molar-refractivity contribution >= 4 is 5.97 Å². The molecule has 17 heavy (non-hydrogen) atoms. The van der Waals surface area contributed by atoms with Crippen molar-refractivity contribution in [1.29, 1.82) is 0 Å². The summed E-state index contributed by atoms with van der Waals surface area (Å²) in [5.74, 6) is 0.720. The Kier molecular flexibility index (Phi) is 8.12. The van der Waals surface area contributed by atoms with Gasteiger partial charge in [0.25, 0.3) is 0 Å². The summed E-state index contributed by atoms with van der Waals surface area (Å²) in [5.41, 5.74) is 1.37. The lowest BCUT2D eigenvalue weighted by Crippen LogP contribution is -1.96. The first-order chi connectivity index (χ1) is 7.91. The van der Waals surface area contributed by atoms with Gasteiger partial charge in [-0.2, -0.15) is 0 Å². The Morgan fingerprint density at radius 3 is 2.53 bits per heavy atom. The minimum absolute atomic E-state index is 0.323. The van der Waals surface area contributed by atoms with Gasteiger partial charge in [0.05, 0.1) is 0 Å². The van der Waals surface area contributed by atoms with E-state index >= 15 is 0 Å². The van der Waals surface area contributed by atoms with Gasteiger partial charge in [0, 0.05) is 6.92 Å². The van der Waals surface area contributed by atoms with Crippen molar-refractivity contribution in [3.8, 4) is 0 Å². The minimum Gasteiger partial charge on any atom is -0.427 e. The maximum absolute atomic E-state index is 10.6. The second kappa shape index (κ2) is 8.80. The van der Waals surface area contributed by atoms with Crippen LogP contribution >= 0.6 is 0 Å². The molecule has 2 heteroatoms. The Balaban J connectivity index is 3.79. The maximum Gasteiger partial charge on any atom is 0.308 e. The Morgan fingerprint density at radius 1 is 1.35 bits per heavy atom. The number of hydrogen-bond donors (Lipinski definition) is 0. The summed E-state index contributed by atoms with van der Waals surface area (Å²) < 4.78 is 4.81. The van der Waals surface area contributed by atoms with Crippen LogP contribution in [0.25, 0.3) is 0 Å². The fourth-order valence-corrected chi connectivity index (χ4v) is 1.42. The van der Waals surface area contributed by atoms with Crippen LogP contribution in [0.15, 0.2) is 36.1 Å². The molecule has 0 saturated heterocycles. The summed E-state index contributed by atoms with van der Waals surface area (Å²) in [6.45, 7) is 11.5. The molecule has 0 aliphatic rings. The molecule has 96 valence electrons. The van der Waals surface area contributed by atoms with Crippen LogP contribution in [0.4, 0.5) is 0 Å². The second-order valence-corrected chi connectivity index (χ2v) is 4.66. The molecular formula is C15H24O2. The fraction of sp³-hybridized carbons (Fsp3) is 0.533. The lowest BCUT2D eigenvalue weighted by molar-refractivity contribution is -0.136. The molecule has 0 aromatic rings. The van der Waals surface area contributed by atoms with Crippen molar-refractivity contribution in [2.45, 2.75) is 47.0 Å². The number of rotatable bonds is 7. The Hall–Kier alpha value is -1.31. The highest BCUT2D eigenvalue weighted by molar-refractivity contribution is 5.67. The highest BCUT2D eigenvalue weighted by Gasteiger charge is 1.99. The lowest BCUT2D eigenvalue weighted by atomic mass is 10.0. The predicted molar refractivity (Wildman–Crippen MR) is 72.5 cm³/mol. The summed E-state index contributed by atoms with van der Waals surface area (Å²) in [5, 5.41) is 0. The van der Waals surface area contributed by atoms with E-state index in [0.29, 0.717) is 11.7 Å². The smallest absolute Gasteiger partial charge is 0.308 e. The molecule has 0 amide bonds. The van der Waals surface area contributed by atoms with E-state index in [1.54, 1.807) is 6.08 Å². The number of carbonyl (C=O) groups is 1. The molecule has 0 rings (SSSR count). The van der Waals surface area contributed by atoms with Gasteiger partial charge in [-0.05, 0) is 45.1 Å². The number of carbonyl (C=O) groups excluding carboxylic acids is 1. The van der Waals surface area contributed by atoms with Crippen LogP contribution in [-0.4, -0.2) is 5.97 Å². The topological polar surface area (TPSA) is 26.3 Å². The minimum atomic E-state index is -0.323. The first-order valence-corrected chi connectivity index (χ1v) is 6.09. The largest absolute Gasteiger partial charge is 0.427 e. The zero-order valence-electron chi connectivity index (χ0n) is 11.5. The van der Waals surface area contributed by atoms with Gasteiger partial charge < -0.3 is 4.74 Å². The molecule has 0 aliphatic heterocycles. The highest BCUT2D eigenvalue weighted by atomic mass is 16.5. The van der Waals surface area contributed by atoms with Gasteiger partial charge in [-0.15, -0.1) is 0 Å². The van der Waals surface area contributed by atoms with Crippen molar-refractivity contribution in [1.82, 2.24) is 0 Å². The van der Waals surface area contributed by atoms with Crippen molar-refractivity contribution in [2.24, 2.45) is 5.92 Å². The Morgan fingerprint density at radius 2 is 2.00 bits per heavy atom. The zero-order chi connectivity index (χ0) is 13.3. The quantitative estimate of drug-likeness (QED) is 0.283. The average Bonchev–Trinajstić information content (AvgIpc) is 2.15. The zero-order valence-corrected chi connectivity index (χ0v) is 11.5. The van der Waals surface area contributed by atoms with E-state index in [1.807, 2.05) is 6.08 Å². The molecule has 0 aliphatic carbocycles. The third kappa shape index (κ3) is 11.0. The molecule has 1 atom stereocenters.